The predicted octanol–water partition coefficient (Wildman–Crippen LogP) is 6.64. The van der Waals surface area contributed by atoms with Crippen molar-refractivity contribution in [3.8, 4) is 51.0 Å². The molecule has 31 heavy (non-hydrogen) atoms. The molecular formula is C27H23O4. The van der Waals surface area contributed by atoms with E-state index in [0.717, 1.165) is 28.0 Å². The fourth-order valence-electron chi connectivity index (χ4n) is 3.55. The third-order valence-corrected chi connectivity index (χ3v) is 4.93. The molecule has 0 N–H and O–H groups in total. The van der Waals surface area contributed by atoms with E-state index in [1.807, 2.05) is 84.9 Å². The molecule has 0 saturated heterocycles. The summed E-state index contributed by atoms with van der Waals surface area (Å²) in [6.45, 7) is 0. The van der Waals surface area contributed by atoms with Gasteiger partial charge >= 0.3 is 0 Å². The molecule has 155 valence electrons. The van der Waals surface area contributed by atoms with Crippen LogP contribution in [-0.2, 0) is 0 Å². The van der Waals surface area contributed by atoms with Crippen molar-refractivity contribution in [1.29, 1.82) is 0 Å². The van der Waals surface area contributed by atoms with Gasteiger partial charge in [0.05, 0.1) is 21.3 Å². The molecule has 0 heterocycles. The van der Waals surface area contributed by atoms with Crippen LogP contribution < -0.4 is 18.9 Å². The Morgan fingerprint density at radius 2 is 1.23 bits per heavy atom. The molecule has 0 aromatic heterocycles. The quantitative estimate of drug-likeness (QED) is 0.342. The molecule has 0 bridgehead atoms. The molecular weight excluding hydrogens is 388 g/mol. The zero-order valence-corrected chi connectivity index (χ0v) is 17.7. The molecule has 0 unspecified atom stereocenters. The lowest BCUT2D eigenvalue weighted by Crippen LogP contribution is -2.00. The Morgan fingerprint density at radius 3 is 1.87 bits per heavy atom. The van der Waals surface area contributed by atoms with Crippen molar-refractivity contribution in [2.24, 2.45) is 0 Å². The number of benzene rings is 4. The summed E-state index contributed by atoms with van der Waals surface area (Å²) in [4.78, 5) is 0. The average Bonchev–Trinajstić information content (AvgIpc) is 2.84. The second-order valence-corrected chi connectivity index (χ2v) is 6.75. The average molecular weight is 411 g/mol. The van der Waals surface area contributed by atoms with Crippen molar-refractivity contribution >= 4 is 0 Å². The summed E-state index contributed by atoms with van der Waals surface area (Å²) < 4.78 is 23.3. The highest BCUT2D eigenvalue weighted by Gasteiger charge is 2.24. The second kappa shape index (κ2) is 9.26. The van der Waals surface area contributed by atoms with Crippen LogP contribution in [0, 0.1) is 6.07 Å². The molecule has 4 heteroatoms. The molecule has 0 aliphatic heterocycles. The SMILES string of the molecule is COc1[c]c(-c2ccccc2Oc2ccccc2)c(-c2ccccc2)c(OC)c1OC. The van der Waals surface area contributed by atoms with Crippen molar-refractivity contribution in [2.75, 3.05) is 21.3 Å². The van der Waals surface area contributed by atoms with Crippen molar-refractivity contribution in [3.05, 3.63) is 91.0 Å². The maximum absolute atomic E-state index is 6.23. The lowest BCUT2D eigenvalue weighted by Gasteiger charge is -2.21. The Labute approximate surface area is 182 Å². The van der Waals surface area contributed by atoms with E-state index in [9.17, 15) is 0 Å². The summed E-state index contributed by atoms with van der Waals surface area (Å²) in [6.07, 6.45) is 0. The van der Waals surface area contributed by atoms with Gasteiger partial charge in [0.15, 0.2) is 11.5 Å². The highest BCUT2D eigenvalue weighted by Crippen LogP contribution is 2.51. The molecule has 0 fully saturated rings. The highest BCUT2D eigenvalue weighted by molar-refractivity contribution is 5.92. The number of methoxy groups -OCH3 is 3. The van der Waals surface area contributed by atoms with E-state index in [-0.39, 0.29) is 0 Å². The maximum Gasteiger partial charge on any atom is 0.204 e. The summed E-state index contributed by atoms with van der Waals surface area (Å²) in [6, 6.07) is 31.0. The molecule has 4 rings (SSSR count). The fraction of sp³-hybridized carbons (Fsp3) is 0.111. The number of hydrogen-bond acceptors (Lipinski definition) is 4. The van der Waals surface area contributed by atoms with Crippen LogP contribution in [0.2, 0.25) is 0 Å². The van der Waals surface area contributed by atoms with Crippen molar-refractivity contribution in [1.82, 2.24) is 0 Å². The molecule has 4 aromatic carbocycles. The zero-order valence-electron chi connectivity index (χ0n) is 17.7. The minimum Gasteiger partial charge on any atom is -0.492 e. The first-order chi connectivity index (χ1) is 15.3. The topological polar surface area (TPSA) is 36.9 Å². The number of ether oxygens (including phenoxy) is 4. The number of hydrogen-bond donors (Lipinski definition) is 0. The van der Waals surface area contributed by atoms with E-state index in [2.05, 4.69) is 6.07 Å². The van der Waals surface area contributed by atoms with Crippen LogP contribution in [0.3, 0.4) is 0 Å². The Morgan fingerprint density at radius 1 is 0.613 bits per heavy atom. The monoisotopic (exact) mass is 411 g/mol. The van der Waals surface area contributed by atoms with Gasteiger partial charge in [-0.05, 0) is 23.8 Å². The van der Waals surface area contributed by atoms with E-state index < -0.39 is 0 Å². The van der Waals surface area contributed by atoms with Crippen LogP contribution in [0.25, 0.3) is 22.3 Å². The third kappa shape index (κ3) is 4.05. The molecule has 0 spiro atoms. The van der Waals surface area contributed by atoms with Crippen LogP contribution in [0.5, 0.6) is 28.7 Å². The Kier molecular flexibility index (Phi) is 6.08. The van der Waals surface area contributed by atoms with Crippen molar-refractivity contribution < 1.29 is 18.9 Å². The minimum atomic E-state index is 0.462. The van der Waals surface area contributed by atoms with Gasteiger partial charge in [0.25, 0.3) is 0 Å². The normalized spacial score (nSPS) is 10.4. The van der Waals surface area contributed by atoms with Gasteiger partial charge in [-0.2, -0.15) is 0 Å². The van der Waals surface area contributed by atoms with Crippen LogP contribution in [0.15, 0.2) is 84.9 Å². The number of rotatable bonds is 7. The van der Waals surface area contributed by atoms with Crippen LogP contribution >= 0.6 is 0 Å². The molecule has 1 radical (unpaired) electrons. The molecule has 4 nitrogen and oxygen atoms in total. The molecule has 0 aliphatic rings. The largest absolute Gasteiger partial charge is 0.492 e. The molecule has 0 atom stereocenters. The third-order valence-electron chi connectivity index (χ3n) is 4.93. The van der Waals surface area contributed by atoms with Gasteiger partial charge < -0.3 is 18.9 Å². The maximum atomic E-state index is 6.23. The summed E-state index contributed by atoms with van der Waals surface area (Å²) in [5.41, 5.74) is 3.49. The first-order valence-electron chi connectivity index (χ1n) is 9.89. The Bertz CT molecular complexity index is 1150. The van der Waals surface area contributed by atoms with Gasteiger partial charge in [0.1, 0.15) is 11.5 Å². The Hall–Kier alpha value is -3.92. The van der Waals surface area contributed by atoms with Gasteiger partial charge in [0.2, 0.25) is 5.75 Å². The lowest BCUT2D eigenvalue weighted by molar-refractivity contribution is 0.325. The number of para-hydroxylation sites is 2. The molecule has 4 aromatic rings. The van der Waals surface area contributed by atoms with Gasteiger partial charge in [-0.3, -0.25) is 0 Å². The standard InChI is InChI=1S/C27H23O4/c1-28-24-18-22(21-16-10-11-17-23(21)31-20-14-8-5-9-15-20)25(19-12-6-4-7-13-19)27(30-3)26(24)29-2/h4-17H,1-3H3. The first-order valence-corrected chi connectivity index (χ1v) is 9.89. The smallest absolute Gasteiger partial charge is 0.204 e. The first kappa shape index (κ1) is 20.4. The van der Waals surface area contributed by atoms with Crippen LogP contribution in [-0.4, -0.2) is 21.3 Å². The fourth-order valence-corrected chi connectivity index (χ4v) is 3.55. The van der Waals surface area contributed by atoms with Crippen LogP contribution in [0.4, 0.5) is 0 Å². The highest BCUT2D eigenvalue weighted by atomic mass is 16.5. The molecule has 0 saturated carbocycles. The summed E-state index contributed by atoms with van der Waals surface area (Å²) in [7, 11) is 4.81. The summed E-state index contributed by atoms with van der Waals surface area (Å²) in [5, 5.41) is 0. The Balaban J connectivity index is 1.99. The van der Waals surface area contributed by atoms with E-state index in [0.29, 0.717) is 23.0 Å². The predicted molar refractivity (Wildman–Crippen MR) is 122 cm³/mol. The van der Waals surface area contributed by atoms with Gasteiger partial charge in [0, 0.05) is 22.8 Å². The lowest BCUT2D eigenvalue weighted by atomic mass is 9.92. The minimum absolute atomic E-state index is 0.462. The van der Waals surface area contributed by atoms with Gasteiger partial charge in [-0.1, -0.05) is 66.7 Å². The van der Waals surface area contributed by atoms with Crippen LogP contribution in [0.1, 0.15) is 0 Å². The summed E-state index contributed by atoms with van der Waals surface area (Å²) in [5.74, 6) is 2.99. The van der Waals surface area contributed by atoms with Gasteiger partial charge in [-0.15, -0.1) is 0 Å². The molecule has 0 amide bonds. The van der Waals surface area contributed by atoms with Crippen molar-refractivity contribution in [2.45, 2.75) is 0 Å². The van der Waals surface area contributed by atoms with E-state index >= 15 is 0 Å². The molecule has 0 aliphatic carbocycles. The zero-order chi connectivity index (χ0) is 21.6. The second-order valence-electron chi connectivity index (χ2n) is 6.75. The van der Waals surface area contributed by atoms with Crippen molar-refractivity contribution in [3.63, 3.8) is 0 Å². The van der Waals surface area contributed by atoms with E-state index in [1.54, 1.807) is 21.3 Å². The van der Waals surface area contributed by atoms with Gasteiger partial charge in [-0.25, -0.2) is 0 Å². The summed E-state index contributed by atoms with van der Waals surface area (Å²) >= 11 is 0. The van der Waals surface area contributed by atoms with E-state index in [4.69, 9.17) is 18.9 Å². The van der Waals surface area contributed by atoms with E-state index in [1.165, 1.54) is 0 Å².